The third kappa shape index (κ3) is 3.19. The van der Waals surface area contributed by atoms with Gasteiger partial charge in [-0.15, -0.1) is 0 Å². The van der Waals surface area contributed by atoms with Gasteiger partial charge in [0, 0.05) is 12.4 Å². The zero-order valence-electron chi connectivity index (χ0n) is 10.7. The second-order valence-electron chi connectivity index (χ2n) is 4.70. The van der Waals surface area contributed by atoms with Gasteiger partial charge in [0.2, 0.25) is 5.95 Å². The first-order chi connectivity index (χ1) is 7.62. The fourth-order valence-corrected chi connectivity index (χ4v) is 1.94. The number of hydrogen-bond acceptors (Lipinski definition) is 3. The number of hydrogen-bond donors (Lipinski definition) is 1. The molecule has 0 aromatic carbocycles. The Kier molecular flexibility index (Phi) is 4.71. The molecule has 16 heavy (non-hydrogen) atoms. The predicted octanol–water partition coefficient (Wildman–Crippen LogP) is 3.31. The van der Waals surface area contributed by atoms with Crippen molar-refractivity contribution < 1.29 is 0 Å². The smallest absolute Gasteiger partial charge is 0.219 e. The van der Waals surface area contributed by atoms with E-state index in [1.807, 2.05) is 12.4 Å². The lowest BCUT2D eigenvalue weighted by molar-refractivity contribution is 0.396. The quantitative estimate of drug-likeness (QED) is 0.750. The molecule has 3 heteroatoms. The van der Waals surface area contributed by atoms with Crippen LogP contribution in [0.1, 0.15) is 58.4 Å². The number of unbranched alkanes of at least 4 members (excludes halogenated alkanes) is 2. The Morgan fingerprint density at radius 1 is 1.19 bits per heavy atom. The maximum atomic E-state index is 5.51. The van der Waals surface area contributed by atoms with Crippen molar-refractivity contribution >= 4 is 5.95 Å². The molecule has 0 aliphatic rings. The Hall–Kier alpha value is -1.12. The van der Waals surface area contributed by atoms with Crippen LogP contribution in [0.2, 0.25) is 0 Å². The summed E-state index contributed by atoms with van der Waals surface area (Å²) >= 11 is 0. The molecule has 1 atom stereocenters. The summed E-state index contributed by atoms with van der Waals surface area (Å²) in [6.07, 6.45) is 9.89. The number of nitrogens with zero attached hydrogens (tertiary/aromatic N) is 2. The van der Waals surface area contributed by atoms with Crippen LogP contribution in [-0.4, -0.2) is 9.97 Å². The Morgan fingerprint density at radius 2 is 1.81 bits per heavy atom. The minimum atomic E-state index is 0.197. The highest BCUT2D eigenvalue weighted by Gasteiger charge is 2.24. The van der Waals surface area contributed by atoms with Gasteiger partial charge in [0.15, 0.2) is 0 Å². The van der Waals surface area contributed by atoms with Crippen LogP contribution < -0.4 is 5.73 Å². The highest BCUT2D eigenvalue weighted by atomic mass is 15.0. The van der Waals surface area contributed by atoms with Gasteiger partial charge in [-0.25, -0.2) is 9.97 Å². The topological polar surface area (TPSA) is 51.8 Å². The van der Waals surface area contributed by atoms with Gasteiger partial charge < -0.3 is 5.73 Å². The van der Waals surface area contributed by atoms with E-state index in [-0.39, 0.29) is 5.41 Å². The van der Waals surface area contributed by atoms with Crippen LogP contribution in [0.15, 0.2) is 12.4 Å². The molecule has 0 saturated heterocycles. The molecule has 0 aliphatic carbocycles. The lowest BCUT2D eigenvalue weighted by Crippen LogP contribution is -2.21. The van der Waals surface area contributed by atoms with E-state index in [0.717, 1.165) is 6.42 Å². The summed E-state index contributed by atoms with van der Waals surface area (Å²) in [6, 6.07) is 0. The number of aromatic nitrogens is 2. The molecule has 3 nitrogen and oxygen atoms in total. The summed E-state index contributed by atoms with van der Waals surface area (Å²) in [5, 5.41) is 0. The van der Waals surface area contributed by atoms with Gasteiger partial charge in [0.25, 0.3) is 0 Å². The van der Waals surface area contributed by atoms with E-state index in [4.69, 9.17) is 5.73 Å². The zero-order valence-corrected chi connectivity index (χ0v) is 10.7. The average molecular weight is 221 g/mol. The van der Waals surface area contributed by atoms with Gasteiger partial charge in [-0.2, -0.15) is 0 Å². The Balaban J connectivity index is 2.74. The fraction of sp³-hybridized carbons (Fsp3) is 0.692. The summed E-state index contributed by atoms with van der Waals surface area (Å²) in [5.41, 5.74) is 6.92. The minimum absolute atomic E-state index is 0.197. The average Bonchev–Trinajstić information content (AvgIpc) is 2.30. The summed E-state index contributed by atoms with van der Waals surface area (Å²) in [5.74, 6) is 0.357. The summed E-state index contributed by atoms with van der Waals surface area (Å²) in [7, 11) is 0. The van der Waals surface area contributed by atoms with Crippen molar-refractivity contribution in [1.82, 2.24) is 9.97 Å². The summed E-state index contributed by atoms with van der Waals surface area (Å²) < 4.78 is 0. The first-order valence-corrected chi connectivity index (χ1v) is 6.20. The van der Waals surface area contributed by atoms with Crippen molar-refractivity contribution in [2.24, 2.45) is 0 Å². The highest BCUT2D eigenvalue weighted by molar-refractivity contribution is 5.23. The molecule has 0 amide bonds. The van der Waals surface area contributed by atoms with Crippen molar-refractivity contribution in [3.05, 3.63) is 18.0 Å². The molecule has 0 saturated carbocycles. The van der Waals surface area contributed by atoms with Crippen molar-refractivity contribution in [1.29, 1.82) is 0 Å². The first-order valence-electron chi connectivity index (χ1n) is 6.20. The molecule has 1 unspecified atom stereocenters. The third-order valence-corrected chi connectivity index (χ3v) is 3.48. The van der Waals surface area contributed by atoms with E-state index in [2.05, 4.69) is 30.7 Å². The van der Waals surface area contributed by atoms with Crippen molar-refractivity contribution in [2.45, 2.75) is 58.3 Å². The standard InChI is InChI=1S/C13H23N3/c1-4-6-7-8-13(3,5-2)11-9-15-12(14)16-10-11/h9-10H,4-8H2,1-3H3,(H2,14,15,16). The Morgan fingerprint density at radius 3 is 2.31 bits per heavy atom. The van der Waals surface area contributed by atoms with Gasteiger partial charge in [-0.1, -0.05) is 40.0 Å². The summed E-state index contributed by atoms with van der Waals surface area (Å²) in [4.78, 5) is 8.18. The monoisotopic (exact) mass is 221 g/mol. The second kappa shape index (κ2) is 5.83. The van der Waals surface area contributed by atoms with E-state index < -0.39 is 0 Å². The van der Waals surface area contributed by atoms with E-state index in [1.54, 1.807) is 0 Å². The normalized spacial score (nSPS) is 14.7. The van der Waals surface area contributed by atoms with E-state index in [9.17, 15) is 0 Å². The van der Waals surface area contributed by atoms with Crippen LogP contribution in [0.5, 0.6) is 0 Å². The molecular weight excluding hydrogens is 198 g/mol. The van der Waals surface area contributed by atoms with Crippen LogP contribution in [0.4, 0.5) is 5.95 Å². The maximum absolute atomic E-state index is 5.51. The van der Waals surface area contributed by atoms with Crippen LogP contribution in [0.3, 0.4) is 0 Å². The minimum Gasteiger partial charge on any atom is -0.368 e. The lowest BCUT2D eigenvalue weighted by Gasteiger charge is -2.28. The molecule has 90 valence electrons. The molecule has 1 aromatic rings. The van der Waals surface area contributed by atoms with Gasteiger partial charge in [-0.05, 0) is 23.8 Å². The molecule has 0 fully saturated rings. The molecule has 0 bridgehead atoms. The van der Waals surface area contributed by atoms with Crippen LogP contribution >= 0.6 is 0 Å². The first kappa shape index (κ1) is 12.9. The molecule has 0 spiro atoms. The van der Waals surface area contributed by atoms with Gasteiger partial charge >= 0.3 is 0 Å². The van der Waals surface area contributed by atoms with Gasteiger partial charge in [-0.3, -0.25) is 0 Å². The van der Waals surface area contributed by atoms with E-state index in [1.165, 1.54) is 31.2 Å². The molecular formula is C13H23N3. The lowest BCUT2D eigenvalue weighted by atomic mass is 9.77. The van der Waals surface area contributed by atoms with E-state index in [0.29, 0.717) is 5.95 Å². The van der Waals surface area contributed by atoms with Crippen LogP contribution in [0, 0.1) is 0 Å². The maximum Gasteiger partial charge on any atom is 0.219 e. The number of anilines is 1. The molecule has 0 aliphatic heterocycles. The number of rotatable bonds is 6. The largest absolute Gasteiger partial charge is 0.368 e. The van der Waals surface area contributed by atoms with Crippen molar-refractivity contribution in [3.63, 3.8) is 0 Å². The van der Waals surface area contributed by atoms with Crippen LogP contribution in [-0.2, 0) is 5.41 Å². The molecule has 1 heterocycles. The Bertz CT molecular complexity index is 307. The fourth-order valence-electron chi connectivity index (χ4n) is 1.94. The molecule has 2 N–H and O–H groups in total. The Labute approximate surface area is 98.5 Å². The van der Waals surface area contributed by atoms with Crippen molar-refractivity contribution in [3.8, 4) is 0 Å². The summed E-state index contributed by atoms with van der Waals surface area (Å²) in [6.45, 7) is 6.75. The SMILES string of the molecule is CCCCCC(C)(CC)c1cnc(N)nc1. The van der Waals surface area contributed by atoms with Crippen molar-refractivity contribution in [2.75, 3.05) is 5.73 Å². The number of nitrogens with two attached hydrogens (primary N) is 1. The van der Waals surface area contributed by atoms with Gasteiger partial charge in [0.1, 0.15) is 0 Å². The highest BCUT2D eigenvalue weighted by Crippen LogP contribution is 2.32. The third-order valence-electron chi connectivity index (χ3n) is 3.48. The van der Waals surface area contributed by atoms with Gasteiger partial charge in [0.05, 0.1) is 0 Å². The molecule has 1 aromatic heterocycles. The second-order valence-corrected chi connectivity index (χ2v) is 4.70. The molecule has 1 rings (SSSR count). The number of nitrogen functional groups attached to an aromatic ring is 1. The van der Waals surface area contributed by atoms with E-state index >= 15 is 0 Å². The zero-order chi connectivity index (χ0) is 12.0. The van der Waals surface area contributed by atoms with Crippen LogP contribution in [0.25, 0.3) is 0 Å². The predicted molar refractivity (Wildman–Crippen MR) is 68.2 cm³/mol. The molecule has 0 radical (unpaired) electrons.